The van der Waals surface area contributed by atoms with E-state index in [-0.39, 0.29) is 6.10 Å². The van der Waals surface area contributed by atoms with Crippen LogP contribution < -0.4 is 10.1 Å². The number of nitrogens with one attached hydrogen (secondary N) is 1. The van der Waals surface area contributed by atoms with E-state index in [2.05, 4.69) is 17.4 Å². The van der Waals surface area contributed by atoms with Gasteiger partial charge in [-0.2, -0.15) is 0 Å². The van der Waals surface area contributed by atoms with Crippen LogP contribution in [0.25, 0.3) is 0 Å². The number of hydrogen-bond acceptors (Lipinski definition) is 4. The van der Waals surface area contributed by atoms with Crippen LogP contribution >= 0.6 is 0 Å². The lowest BCUT2D eigenvalue weighted by Crippen LogP contribution is -2.39. The molecule has 1 aromatic carbocycles. The molecular weight excluding hydrogens is 242 g/mol. The molecule has 0 aromatic heterocycles. The summed E-state index contributed by atoms with van der Waals surface area (Å²) in [5.74, 6) is 0.934. The van der Waals surface area contributed by atoms with E-state index in [9.17, 15) is 0 Å². The van der Waals surface area contributed by atoms with E-state index >= 15 is 0 Å². The van der Waals surface area contributed by atoms with Gasteiger partial charge in [0.2, 0.25) is 0 Å². The lowest BCUT2D eigenvalue weighted by atomic mass is 10.0. The predicted octanol–water partition coefficient (Wildman–Crippen LogP) is 1.41. The van der Waals surface area contributed by atoms with Crippen LogP contribution in [0.4, 0.5) is 0 Å². The van der Waals surface area contributed by atoms with Crippen molar-refractivity contribution in [3.8, 4) is 5.75 Å². The van der Waals surface area contributed by atoms with Gasteiger partial charge in [0, 0.05) is 20.2 Å². The summed E-state index contributed by atoms with van der Waals surface area (Å²) in [6, 6.07) is 6.36. The first kappa shape index (κ1) is 14.3. The summed E-state index contributed by atoms with van der Waals surface area (Å²) in [6.45, 7) is 3.40. The van der Waals surface area contributed by atoms with Crippen molar-refractivity contribution in [3.05, 3.63) is 29.3 Å². The van der Waals surface area contributed by atoms with Crippen LogP contribution in [0.1, 0.15) is 11.1 Å². The van der Waals surface area contributed by atoms with Gasteiger partial charge in [0.25, 0.3) is 0 Å². The maximum atomic E-state index is 5.74. The van der Waals surface area contributed by atoms with E-state index in [1.165, 1.54) is 11.1 Å². The van der Waals surface area contributed by atoms with Crippen LogP contribution in [-0.4, -0.2) is 46.6 Å². The maximum absolute atomic E-state index is 5.74. The minimum absolute atomic E-state index is 0.275. The second-order valence-electron chi connectivity index (χ2n) is 4.79. The van der Waals surface area contributed by atoms with Gasteiger partial charge in [0.15, 0.2) is 0 Å². The molecule has 19 heavy (non-hydrogen) atoms. The number of ether oxygens (including phenoxy) is 3. The molecule has 1 N–H and O–H groups in total. The third-order valence-electron chi connectivity index (χ3n) is 3.39. The monoisotopic (exact) mass is 265 g/mol. The van der Waals surface area contributed by atoms with Crippen molar-refractivity contribution in [2.45, 2.75) is 18.9 Å². The predicted molar refractivity (Wildman–Crippen MR) is 74.9 cm³/mol. The SMILES string of the molecule is COCCc1cc(C[C@@H]2CNCCO2)ccc1OC. The molecule has 0 radical (unpaired) electrons. The zero-order valence-corrected chi connectivity index (χ0v) is 11.8. The fourth-order valence-electron chi connectivity index (χ4n) is 2.38. The van der Waals surface area contributed by atoms with Gasteiger partial charge >= 0.3 is 0 Å². The molecule has 2 rings (SSSR count). The van der Waals surface area contributed by atoms with E-state index < -0.39 is 0 Å². The van der Waals surface area contributed by atoms with Crippen molar-refractivity contribution < 1.29 is 14.2 Å². The first-order valence-electron chi connectivity index (χ1n) is 6.80. The Morgan fingerprint density at radius 1 is 1.37 bits per heavy atom. The highest BCUT2D eigenvalue weighted by molar-refractivity contribution is 5.37. The molecule has 1 fully saturated rings. The normalized spacial score (nSPS) is 19.4. The second-order valence-corrected chi connectivity index (χ2v) is 4.79. The Hall–Kier alpha value is -1.10. The molecule has 0 saturated carbocycles. The van der Waals surface area contributed by atoms with Crippen molar-refractivity contribution in [2.75, 3.05) is 40.5 Å². The summed E-state index contributed by atoms with van der Waals surface area (Å²) >= 11 is 0. The molecule has 1 atom stereocenters. The average Bonchev–Trinajstić information content (AvgIpc) is 2.46. The minimum atomic E-state index is 0.275. The van der Waals surface area contributed by atoms with Gasteiger partial charge in [-0.25, -0.2) is 0 Å². The first-order valence-corrected chi connectivity index (χ1v) is 6.80. The molecule has 4 heteroatoms. The molecular formula is C15H23NO3. The Morgan fingerprint density at radius 2 is 2.26 bits per heavy atom. The average molecular weight is 265 g/mol. The second kappa shape index (κ2) is 7.48. The zero-order chi connectivity index (χ0) is 13.5. The highest BCUT2D eigenvalue weighted by Gasteiger charge is 2.14. The topological polar surface area (TPSA) is 39.7 Å². The number of benzene rings is 1. The Labute approximate surface area is 115 Å². The van der Waals surface area contributed by atoms with Crippen molar-refractivity contribution in [1.82, 2.24) is 5.32 Å². The molecule has 0 aliphatic carbocycles. The summed E-state index contributed by atoms with van der Waals surface area (Å²) in [6.07, 6.45) is 2.09. The van der Waals surface area contributed by atoms with Crippen molar-refractivity contribution >= 4 is 0 Å². The van der Waals surface area contributed by atoms with Gasteiger partial charge in [0.05, 0.1) is 26.4 Å². The molecule has 0 unspecified atom stereocenters. The van der Waals surface area contributed by atoms with Crippen LogP contribution in [-0.2, 0) is 22.3 Å². The maximum Gasteiger partial charge on any atom is 0.122 e. The molecule has 0 amide bonds. The van der Waals surface area contributed by atoms with Crippen molar-refractivity contribution in [2.24, 2.45) is 0 Å². The smallest absolute Gasteiger partial charge is 0.122 e. The molecule has 0 spiro atoms. The lowest BCUT2D eigenvalue weighted by Gasteiger charge is -2.24. The Balaban J connectivity index is 2.03. The van der Waals surface area contributed by atoms with E-state index in [1.807, 2.05) is 6.07 Å². The quantitative estimate of drug-likeness (QED) is 0.844. The summed E-state index contributed by atoms with van der Waals surface area (Å²) < 4.78 is 16.3. The summed E-state index contributed by atoms with van der Waals surface area (Å²) in [7, 11) is 3.43. The highest BCUT2D eigenvalue weighted by Crippen LogP contribution is 2.22. The van der Waals surface area contributed by atoms with Crippen LogP contribution in [0.5, 0.6) is 5.75 Å². The Bertz CT molecular complexity index is 389. The van der Waals surface area contributed by atoms with Crippen LogP contribution in [0.15, 0.2) is 18.2 Å². The summed E-state index contributed by atoms with van der Waals surface area (Å²) in [5.41, 5.74) is 2.49. The first-order chi connectivity index (χ1) is 9.33. The summed E-state index contributed by atoms with van der Waals surface area (Å²) in [4.78, 5) is 0. The molecule has 1 aliphatic heterocycles. The molecule has 1 aromatic rings. The molecule has 1 saturated heterocycles. The zero-order valence-electron chi connectivity index (χ0n) is 11.8. The van der Waals surface area contributed by atoms with E-state index in [0.29, 0.717) is 6.61 Å². The van der Waals surface area contributed by atoms with Crippen molar-refractivity contribution in [3.63, 3.8) is 0 Å². The van der Waals surface area contributed by atoms with Crippen LogP contribution in [0.3, 0.4) is 0 Å². The Kier molecular flexibility index (Phi) is 5.63. The van der Waals surface area contributed by atoms with E-state index in [4.69, 9.17) is 14.2 Å². The molecule has 4 nitrogen and oxygen atoms in total. The molecule has 106 valence electrons. The van der Waals surface area contributed by atoms with E-state index in [1.54, 1.807) is 14.2 Å². The molecule has 0 bridgehead atoms. The van der Waals surface area contributed by atoms with Gasteiger partial charge in [-0.1, -0.05) is 12.1 Å². The van der Waals surface area contributed by atoms with Gasteiger partial charge in [-0.15, -0.1) is 0 Å². The number of rotatable bonds is 6. The Morgan fingerprint density at radius 3 is 2.95 bits per heavy atom. The van der Waals surface area contributed by atoms with Crippen molar-refractivity contribution in [1.29, 1.82) is 0 Å². The molecule has 1 heterocycles. The highest BCUT2D eigenvalue weighted by atomic mass is 16.5. The van der Waals surface area contributed by atoms with Gasteiger partial charge in [-0.3, -0.25) is 0 Å². The third-order valence-corrected chi connectivity index (χ3v) is 3.39. The largest absolute Gasteiger partial charge is 0.496 e. The van der Waals surface area contributed by atoms with E-state index in [0.717, 1.165) is 38.3 Å². The fourth-order valence-corrected chi connectivity index (χ4v) is 2.38. The van der Waals surface area contributed by atoms with Gasteiger partial charge in [-0.05, 0) is 30.0 Å². The standard InChI is InChI=1S/C15H23NO3/c1-17-7-5-13-9-12(3-4-15(13)18-2)10-14-11-16-6-8-19-14/h3-4,9,14,16H,5-8,10-11H2,1-2H3/t14-/m1/s1. The fraction of sp³-hybridized carbons (Fsp3) is 0.600. The lowest BCUT2D eigenvalue weighted by molar-refractivity contribution is 0.0292. The van der Waals surface area contributed by atoms with Crippen LogP contribution in [0.2, 0.25) is 0 Å². The number of morpholine rings is 1. The molecule has 1 aliphatic rings. The van der Waals surface area contributed by atoms with Gasteiger partial charge in [0.1, 0.15) is 5.75 Å². The summed E-state index contributed by atoms with van der Waals surface area (Å²) in [5, 5.41) is 3.36. The van der Waals surface area contributed by atoms with Crippen LogP contribution in [0, 0.1) is 0 Å². The number of methoxy groups -OCH3 is 2. The van der Waals surface area contributed by atoms with Gasteiger partial charge < -0.3 is 19.5 Å². The number of hydrogen-bond donors (Lipinski definition) is 1. The minimum Gasteiger partial charge on any atom is -0.496 e. The third kappa shape index (κ3) is 4.20.